The van der Waals surface area contributed by atoms with Crippen molar-refractivity contribution in [2.24, 2.45) is 5.10 Å². The monoisotopic (exact) mass is 506 g/mol. The molecule has 3 rings (SSSR count). The smallest absolute Gasteiger partial charge is 0.329 e. The maximum absolute atomic E-state index is 12.0. The molecule has 3 amide bonds. The van der Waals surface area contributed by atoms with Crippen LogP contribution >= 0.6 is 15.9 Å². The highest BCUT2D eigenvalue weighted by molar-refractivity contribution is 9.10. The third-order valence-corrected chi connectivity index (χ3v) is 4.95. The summed E-state index contributed by atoms with van der Waals surface area (Å²) in [4.78, 5) is 35.7. The number of ether oxygens (including phenoxy) is 2. The highest BCUT2D eigenvalue weighted by Crippen LogP contribution is 2.21. The second-order valence-electron chi connectivity index (χ2n) is 6.87. The third-order valence-electron chi connectivity index (χ3n) is 4.46. The molecule has 0 spiro atoms. The van der Waals surface area contributed by atoms with E-state index in [1.165, 1.54) is 12.5 Å². The van der Waals surface area contributed by atoms with Gasteiger partial charge < -0.3 is 24.5 Å². The molecule has 0 radical (unpaired) electrons. The first-order chi connectivity index (χ1) is 15.5. The second-order valence-corrected chi connectivity index (χ2v) is 7.79. The molecule has 32 heavy (non-hydrogen) atoms. The molecule has 1 saturated heterocycles. The molecule has 11 heteroatoms. The topological polar surface area (TPSA) is 131 Å². The van der Waals surface area contributed by atoms with Crippen LogP contribution in [0.3, 0.4) is 0 Å². The predicted octanol–water partition coefficient (Wildman–Crippen LogP) is 1.48. The number of carbonyl (C=O) groups is 3. The van der Waals surface area contributed by atoms with Gasteiger partial charge in [0.1, 0.15) is 11.5 Å². The molecule has 0 aliphatic carbocycles. The number of halogens is 1. The Morgan fingerprint density at radius 2 is 2.09 bits per heavy atom. The maximum atomic E-state index is 12.0. The van der Waals surface area contributed by atoms with Crippen molar-refractivity contribution in [3.63, 3.8) is 0 Å². The molecule has 170 valence electrons. The normalized spacial score (nSPS) is 15.5. The first-order valence-corrected chi connectivity index (χ1v) is 10.7. The van der Waals surface area contributed by atoms with Gasteiger partial charge in [0, 0.05) is 23.2 Å². The van der Waals surface area contributed by atoms with Crippen LogP contribution in [0.25, 0.3) is 0 Å². The summed E-state index contributed by atoms with van der Waals surface area (Å²) in [7, 11) is 0. The number of amides is 3. The van der Waals surface area contributed by atoms with Gasteiger partial charge in [-0.25, -0.2) is 5.43 Å². The van der Waals surface area contributed by atoms with Crippen molar-refractivity contribution in [2.45, 2.75) is 25.5 Å². The van der Waals surface area contributed by atoms with Gasteiger partial charge in [-0.05, 0) is 43.2 Å². The van der Waals surface area contributed by atoms with Crippen molar-refractivity contribution in [3.8, 4) is 5.75 Å². The lowest BCUT2D eigenvalue weighted by Gasteiger charge is -2.10. The number of carbonyl (C=O) groups excluding carboxylic acids is 3. The predicted molar refractivity (Wildman–Crippen MR) is 118 cm³/mol. The average Bonchev–Trinajstić information content (AvgIpc) is 3.49. The number of hydrogen-bond acceptors (Lipinski definition) is 7. The summed E-state index contributed by atoms with van der Waals surface area (Å²) in [6, 6.07) is 8.58. The van der Waals surface area contributed by atoms with Gasteiger partial charge >= 0.3 is 11.8 Å². The Labute approximate surface area is 192 Å². The van der Waals surface area contributed by atoms with Crippen LogP contribution in [0.4, 0.5) is 0 Å². The zero-order valence-electron chi connectivity index (χ0n) is 17.1. The summed E-state index contributed by atoms with van der Waals surface area (Å²) in [6.07, 6.45) is 4.59. The molecule has 1 aliphatic rings. The highest BCUT2D eigenvalue weighted by Gasteiger charge is 2.19. The van der Waals surface area contributed by atoms with E-state index < -0.39 is 11.8 Å². The summed E-state index contributed by atoms with van der Waals surface area (Å²) in [6.45, 7) is 0.979. The van der Waals surface area contributed by atoms with Crippen LogP contribution in [-0.2, 0) is 25.7 Å². The van der Waals surface area contributed by atoms with Crippen molar-refractivity contribution in [1.29, 1.82) is 0 Å². The molecule has 0 unspecified atom stereocenters. The molecule has 10 nitrogen and oxygen atoms in total. The maximum Gasteiger partial charge on any atom is 0.329 e. The Morgan fingerprint density at radius 3 is 2.84 bits per heavy atom. The Hall–Kier alpha value is -3.18. The molecule has 2 aromatic rings. The van der Waals surface area contributed by atoms with Crippen LogP contribution in [-0.4, -0.2) is 49.8 Å². The number of furan rings is 1. The van der Waals surface area contributed by atoms with E-state index in [0.29, 0.717) is 23.7 Å². The first kappa shape index (κ1) is 23.5. The standard InChI is InChI=1S/C21H23BrN4O6/c22-15-5-6-18(32-13-19(27)23-11-16-3-1-7-30-16)14(9-15)10-25-26-21(29)20(28)24-12-17-4-2-8-31-17/h1,3,5-7,9-10,17H,2,4,8,11-13H2,(H,23,27)(H,24,28)(H,26,29)/b25-10-/t17-/m0/s1. The fraction of sp³-hybridized carbons (Fsp3) is 0.333. The van der Waals surface area contributed by atoms with Crippen molar-refractivity contribution in [2.75, 3.05) is 19.8 Å². The summed E-state index contributed by atoms with van der Waals surface area (Å²) in [5.41, 5.74) is 2.67. The van der Waals surface area contributed by atoms with Gasteiger partial charge in [-0.15, -0.1) is 0 Å². The number of benzene rings is 1. The lowest BCUT2D eigenvalue weighted by atomic mass is 10.2. The number of hydrogen-bond donors (Lipinski definition) is 3. The third kappa shape index (κ3) is 7.50. The zero-order valence-corrected chi connectivity index (χ0v) is 18.7. The second kappa shape index (κ2) is 12.0. The van der Waals surface area contributed by atoms with Crippen molar-refractivity contribution in [3.05, 3.63) is 52.4 Å². The molecule has 0 bridgehead atoms. The fourth-order valence-corrected chi connectivity index (χ4v) is 3.23. The van der Waals surface area contributed by atoms with Crippen molar-refractivity contribution < 1.29 is 28.3 Å². The fourth-order valence-electron chi connectivity index (χ4n) is 2.85. The largest absolute Gasteiger partial charge is 0.483 e. The SMILES string of the molecule is O=C(COc1ccc(Br)cc1/C=N\NC(=O)C(=O)NC[C@@H]1CCCO1)NCc1ccco1. The molecule has 2 heterocycles. The summed E-state index contributed by atoms with van der Waals surface area (Å²) < 4.78 is 16.9. The number of nitrogens with zero attached hydrogens (tertiary/aromatic N) is 1. The van der Waals surface area contributed by atoms with E-state index in [2.05, 4.69) is 37.1 Å². The van der Waals surface area contributed by atoms with E-state index in [1.54, 1.807) is 30.3 Å². The lowest BCUT2D eigenvalue weighted by Crippen LogP contribution is -2.41. The first-order valence-electron chi connectivity index (χ1n) is 9.95. The van der Waals surface area contributed by atoms with Crippen LogP contribution in [0.15, 0.2) is 50.6 Å². The van der Waals surface area contributed by atoms with Crippen LogP contribution < -0.4 is 20.8 Å². The van der Waals surface area contributed by atoms with Crippen LogP contribution in [0.2, 0.25) is 0 Å². The Bertz CT molecular complexity index is 957. The average molecular weight is 507 g/mol. The van der Waals surface area contributed by atoms with E-state index in [1.807, 2.05) is 0 Å². The van der Waals surface area contributed by atoms with Gasteiger partial charge in [-0.2, -0.15) is 5.10 Å². The van der Waals surface area contributed by atoms with E-state index in [4.69, 9.17) is 13.9 Å². The number of nitrogens with one attached hydrogen (secondary N) is 3. The Kier molecular flexibility index (Phi) is 8.81. The molecule has 1 aromatic carbocycles. The quantitative estimate of drug-likeness (QED) is 0.268. The minimum atomic E-state index is -0.894. The summed E-state index contributed by atoms with van der Waals surface area (Å²) in [5, 5.41) is 9.00. The minimum Gasteiger partial charge on any atom is -0.483 e. The molecular weight excluding hydrogens is 484 g/mol. The Morgan fingerprint density at radius 1 is 1.22 bits per heavy atom. The summed E-state index contributed by atoms with van der Waals surface area (Å²) >= 11 is 3.35. The number of hydrazone groups is 1. The molecule has 1 fully saturated rings. The molecule has 1 atom stereocenters. The van der Waals surface area contributed by atoms with Gasteiger partial charge in [0.05, 0.1) is 25.1 Å². The highest BCUT2D eigenvalue weighted by atomic mass is 79.9. The van der Waals surface area contributed by atoms with Gasteiger partial charge in [0.25, 0.3) is 5.91 Å². The molecular formula is C21H23BrN4O6. The van der Waals surface area contributed by atoms with Gasteiger partial charge in [0.15, 0.2) is 6.61 Å². The van der Waals surface area contributed by atoms with Crippen molar-refractivity contribution in [1.82, 2.24) is 16.1 Å². The Balaban J connectivity index is 1.47. The molecule has 1 aromatic heterocycles. The summed E-state index contributed by atoms with van der Waals surface area (Å²) in [5.74, 6) is -1.01. The lowest BCUT2D eigenvalue weighted by molar-refractivity contribution is -0.139. The van der Waals surface area contributed by atoms with Crippen LogP contribution in [0.1, 0.15) is 24.2 Å². The van der Waals surface area contributed by atoms with Crippen LogP contribution in [0.5, 0.6) is 5.75 Å². The van der Waals surface area contributed by atoms with Crippen LogP contribution in [0, 0.1) is 0 Å². The van der Waals surface area contributed by atoms with Crippen molar-refractivity contribution >= 4 is 39.9 Å². The van der Waals surface area contributed by atoms with Gasteiger partial charge in [-0.1, -0.05) is 15.9 Å². The number of rotatable bonds is 9. The molecule has 1 aliphatic heterocycles. The van der Waals surface area contributed by atoms with Gasteiger partial charge in [-0.3, -0.25) is 14.4 Å². The van der Waals surface area contributed by atoms with E-state index >= 15 is 0 Å². The molecule has 0 saturated carbocycles. The zero-order chi connectivity index (χ0) is 22.8. The van der Waals surface area contributed by atoms with Gasteiger partial charge in [0.2, 0.25) is 0 Å². The van der Waals surface area contributed by atoms with E-state index in [9.17, 15) is 14.4 Å². The minimum absolute atomic E-state index is 0.0621. The molecule has 3 N–H and O–H groups in total. The van der Waals surface area contributed by atoms with E-state index in [-0.39, 0.29) is 31.7 Å². The van der Waals surface area contributed by atoms with E-state index in [0.717, 1.165) is 17.3 Å².